The van der Waals surface area contributed by atoms with Gasteiger partial charge in [0.2, 0.25) is 17.1 Å². The number of benzene rings is 1. The lowest BCUT2D eigenvalue weighted by molar-refractivity contribution is -0.273. The van der Waals surface area contributed by atoms with Gasteiger partial charge in [0, 0.05) is 6.92 Å². The van der Waals surface area contributed by atoms with Crippen LogP contribution in [0.25, 0.3) is 0 Å². The zero-order chi connectivity index (χ0) is 18.5. The molecule has 2 aliphatic rings. The van der Waals surface area contributed by atoms with E-state index in [9.17, 15) is 20.2 Å². The molecule has 0 amide bonds. The normalized spacial score (nSPS) is 35.1. The number of nitriles is 3. The Morgan fingerprint density at radius 3 is 2.44 bits per heavy atom. The van der Waals surface area contributed by atoms with Gasteiger partial charge in [-0.25, -0.2) is 4.39 Å². The molecule has 4 atom stereocenters. The summed E-state index contributed by atoms with van der Waals surface area (Å²) in [5.74, 6) is -3.04. The van der Waals surface area contributed by atoms with Crippen LogP contribution in [-0.4, -0.2) is 11.7 Å². The molecule has 4 unspecified atom stereocenters. The predicted molar refractivity (Wildman–Crippen MR) is 82.9 cm³/mol. The highest BCUT2D eigenvalue weighted by Crippen LogP contribution is 2.67. The van der Waals surface area contributed by atoms with Crippen LogP contribution >= 0.6 is 0 Å². The van der Waals surface area contributed by atoms with Crippen molar-refractivity contribution in [3.63, 3.8) is 0 Å². The monoisotopic (exact) mass is 338 g/mol. The minimum absolute atomic E-state index is 0.252. The highest BCUT2D eigenvalue weighted by molar-refractivity contribution is 5.89. The van der Waals surface area contributed by atoms with Gasteiger partial charge in [-0.1, -0.05) is 19.1 Å². The molecule has 7 heteroatoms. The Hall–Kier alpha value is -2.95. The largest absolute Gasteiger partial charge is 0.448 e. The van der Waals surface area contributed by atoms with Crippen molar-refractivity contribution in [1.82, 2.24) is 0 Å². The summed E-state index contributed by atoms with van der Waals surface area (Å²) < 4.78 is 25.3. The summed E-state index contributed by atoms with van der Waals surface area (Å²) in [4.78, 5) is 0. The average Bonchev–Trinajstić information content (AvgIpc) is 2.77. The van der Waals surface area contributed by atoms with Crippen LogP contribution in [0.1, 0.15) is 31.9 Å². The Balaban J connectivity index is 2.34. The van der Waals surface area contributed by atoms with Gasteiger partial charge in [0.25, 0.3) is 0 Å². The van der Waals surface area contributed by atoms with Gasteiger partial charge in [-0.05, 0) is 24.1 Å². The van der Waals surface area contributed by atoms with Crippen molar-refractivity contribution < 1.29 is 13.9 Å². The summed E-state index contributed by atoms with van der Waals surface area (Å²) in [5, 5.41) is 38.1. The molecule has 1 aromatic rings. The van der Waals surface area contributed by atoms with E-state index in [0.29, 0.717) is 6.42 Å². The summed E-state index contributed by atoms with van der Waals surface area (Å²) in [6.45, 7) is 3.36. The van der Waals surface area contributed by atoms with E-state index in [0.717, 1.165) is 6.07 Å². The van der Waals surface area contributed by atoms with Crippen LogP contribution in [0, 0.1) is 62.0 Å². The minimum atomic E-state index is -2.04. The second-order valence-electron chi connectivity index (χ2n) is 6.41. The van der Waals surface area contributed by atoms with Gasteiger partial charge in [0.15, 0.2) is 5.41 Å². The number of fused-ring (bicyclic) bond motifs is 2. The Morgan fingerprint density at radius 1 is 1.24 bits per heavy atom. The molecule has 0 saturated carbocycles. The number of ether oxygens (including phenoxy) is 2. The smallest absolute Gasteiger partial charge is 0.214 e. The number of halogens is 1. The number of nitrogens with zero attached hydrogens (tertiary/aromatic N) is 3. The van der Waals surface area contributed by atoms with E-state index < -0.39 is 40.4 Å². The molecule has 6 nitrogen and oxygen atoms in total. The van der Waals surface area contributed by atoms with Crippen LogP contribution in [0.5, 0.6) is 0 Å². The summed E-state index contributed by atoms with van der Waals surface area (Å²) >= 11 is 0. The molecule has 1 N–H and O–H groups in total. The van der Waals surface area contributed by atoms with Crippen LogP contribution in [0.4, 0.5) is 4.39 Å². The Labute approximate surface area is 144 Å². The summed E-state index contributed by atoms with van der Waals surface area (Å²) in [6.07, 6.45) is -0.860. The zero-order valence-electron chi connectivity index (χ0n) is 13.7. The molecule has 25 heavy (non-hydrogen) atoms. The first-order valence-corrected chi connectivity index (χ1v) is 7.80. The fourth-order valence-electron chi connectivity index (χ4n) is 4.20. The third kappa shape index (κ3) is 1.81. The van der Waals surface area contributed by atoms with Gasteiger partial charge in [-0.2, -0.15) is 15.8 Å². The first-order valence-electron chi connectivity index (χ1n) is 7.80. The maximum absolute atomic E-state index is 13.7. The fourth-order valence-corrected chi connectivity index (χ4v) is 4.20. The predicted octanol–water partition coefficient (Wildman–Crippen LogP) is 3.19. The Kier molecular flexibility index (Phi) is 3.56. The highest BCUT2D eigenvalue weighted by Gasteiger charge is 2.78. The standard InChI is InChI=1S/C18H15FN4O2/c1-3-13-16(2)24-14(11-5-4-6-12(19)7-11)17(8-20,9-21)18(13,10-22)15(23)25-16/h4-7,13-14,23H,3H2,1-2H3. The molecule has 0 aromatic heterocycles. The maximum atomic E-state index is 13.7. The number of nitrogens with one attached hydrogen (secondary N) is 1. The lowest BCUT2D eigenvalue weighted by atomic mass is 9.53. The second-order valence-corrected chi connectivity index (χ2v) is 6.41. The molecule has 2 fully saturated rings. The SMILES string of the molecule is CCC1C2(C)OC(=N)C1(C#N)C(C#N)(C#N)C(c1cccc(F)c1)O2. The molecular weight excluding hydrogens is 323 g/mol. The lowest BCUT2D eigenvalue weighted by Gasteiger charge is -2.48. The van der Waals surface area contributed by atoms with Crippen molar-refractivity contribution in [2.45, 2.75) is 32.2 Å². The van der Waals surface area contributed by atoms with Crippen LogP contribution in [-0.2, 0) is 9.47 Å². The van der Waals surface area contributed by atoms with E-state index >= 15 is 0 Å². The number of rotatable bonds is 2. The second kappa shape index (κ2) is 5.28. The van der Waals surface area contributed by atoms with Crippen molar-refractivity contribution in [3.8, 4) is 18.2 Å². The van der Waals surface area contributed by atoms with E-state index in [1.54, 1.807) is 13.8 Å². The van der Waals surface area contributed by atoms with Gasteiger partial charge in [0.1, 0.15) is 11.9 Å². The molecule has 0 spiro atoms. The molecule has 3 rings (SSSR count). The molecule has 2 aliphatic heterocycles. The van der Waals surface area contributed by atoms with E-state index in [2.05, 4.69) is 0 Å². The Morgan fingerprint density at radius 2 is 1.92 bits per heavy atom. The summed E-state index contributed by atoms with van der Waals surface area (Å²) in [6, 6.07) is 11.2. The molecule has 2 heterocycles. The van der Waals surface area contributed by atoms with Gasteiger partial charge < -0.3 is 9.47 Å². The van der Waals surface area contributed by atoms with E-state index in [1.165, 1.54) is 18.2 Å². The quantitative estimate of drug-likeness (QED) is 0.889. The van der Waals surface area contributed by atoms with E-state index in [1.807, 2.05) is 18.2 Å². The molecule has 0 radical (unpaired) electrons. The fraction of sp³-hybridized carbons (Fsp3) is 0.444. The molecular formula is C18H15FN4O2. The van der Waals surface area contributed by atoms with Gasteiger partial charge in [0.05, 0.1) is 24.1 Å². The van der Waals surface area contributed by atoms with Crippen molar-refractivity contribution >= 4 is 5.90 Å². The summed E-state index contributed by atoms with van der Waals surface area (Å²) in [5.41, 5.74) is -3.58. The molecule has 1 aromatic carbocycles. The first-order chi connectivity index (χ1) is 11.8. The summed E-state index contributed by atoms with van der Waals surface area (Å²) in [7, 11) is 0. The van der Waals surface area contributed by atoms with Gasteiger partial charge in [-0.3, -0.25) is 5.41 Å². The zero-order valence-corrected chi connectivity index (χ0v) is 13.7. The van der Waals surface area contributed by atoms with Crippen LogP contribution in [0.3, 0.4) is 0 Å². The molecule has 2 bridgehead atoms. The van der Waals surface area contributed by atoms with Crippen molar-refractivity contribution in [2.75, 3.05) is 0 Å². The molecule has 0 aliphatic carbocycles. The maximum Gasteiger partial charge on any atom is 0.214 e. The van der Waals surface area contributed by atoms with Crippen molar-refractivity contribution in [2.24, 2.45) is 16.7 Å². The van der Waals surface area contributed by atoms with E-state index in [4.69, 9.17) is 14.9 Å². The lowest BCUT2D eigenvalue weighted by Crippen LogP contribution is -2.58. The topological polar surface area (TPSA) is 114 Å². The Bertz CT molecular complexity index is 866. The third-order valence-corrected chi connectivity index (χ3v) is 5.27. The third-order valence-electron chi connectivity index (χ3n) is 5.27. The highest BCUT2D eigenvalue weighted by atomic mass is 19.1. The van der Waals surface area contributed by atoms with Gasteiger partial charge in [-0.15, -0.1) is 0 Å². The number of hydrogen-bond donors (Lipinski definition) is 1. The van der Waals surface area contributed by atoms with Crippen molar-refractivity contribution in [3.05, 3.63) is 35.6 Å². The van der Waals surface area contributed by atoms with Crippen LogP contribution in [0.15, 0.2) is 24.3 Å². The minimum Gasteiger partial charge on any atom is -0.448 e. The average molecular weight is 338 g/mol. The van der Waals surface area contributed by atoms with Gasteiger partial charge >= 0.3 is 0 Å². The molecule has 126 valence electrons. The van der Waals surface area contributed by atoms with Crippen LogP contribution in [0.2, 0.25) is 0 Å². The first kappa shape index (κ1) is 16.9. The molecule has 2 saturated heterocycles. The van der Waals surface area contributed by atoms with Crippen LogP contribution < -0.4 is 0 Å². The van der Waals surface area contributed by atoms with Crippen molar-refractivity contribution in [1.29, 1.82) is 21.2 Å². The number of hydrogen-bond acceptors (Lipinski definition) is 6. The van der Waals surface area contributed by atoms with E-state index in [-0.39, 0.29) is 5.56 Å².